The first-order valence-electron chi connectivity index (χ1n) is 5.87. The Balaban J connectivity index is 2.38. The first-order chi connectivity index (χ1) is 9.47. The van der Waals surface area contributed by atoms with Crippen LogP contribution in [-0.4, -0.2) is 9.55 Å². The van der Waals surface area contributed by atoms with Gasteiger partial charge in [-0.1, -0.05) is 23.2 Å². The van der Waals surface area contributed by atoms with E-state index < -0.39 is 5.82 Å². The maximum Gasteiger partial charge on any atom is 0.126 e. The standard InChI is InChI=1S/C14H10Cl2FN3/c1-7-19-12-6-9(18)2-3-13(12)20(7)14-10(15)4-8(17)5-11(14)16/h2-6H,18H2,1H3. The second-order valence-corrected chi connectivity index (χ2v) is 5.28. The maximum atomic E-state index is 13.3. The minimum absolute atomic E-state index is 0.231. The predicted octanol–water partition coefficient (Wildman–Crippen LogP) is 4.36. The number of fused-ring (bicyclic) bond motifs is 1. The lowest BCUT2D eigenvalue weighted by molar-refractivity contribution is 0.627. The summed E-state index contributed by atoms with van der Waals surface area (Å²) < 4.78 is 15.1. The van der Waals surface area contributed by atoms with Gasteiger partial charge in [0.05, 0.1) is 26.8 Å². The van der Waals surface area contributed by atoms with Gasteiger partial charge < -0.3 is 5.73 Å². The molecule has 0 saturated carbocycles. The number of rotatable bonds is 1. The number of nitrogen functional groups attached to an aromatic ring is 1. The molecule has 0 aliphatic rings. The predicted molar refractivity (Wildman–Crippen MR) is 80.2 cm³/mol. The van der Waals surface area contributed by atoms with Crippen molar-refractivity contribution in [3.05, 3.63) is 52.0 Å². The number of anilines is 1. The van der Waals surface area contributed by atoms with Crippen molar-refractivity contribution in [2.45, 2.75) is 6.92 Å². The summed E-state index contributed by atoms with van der Waals surface area (Å²) >= 11 is 12.3. The third-order valence-electron chi connectivity index (χ3n) is 3.05. The van der Waals surface area contributed by atoms with Gasteiger partial charge in [-0.05, 0) is 37.3 Å². The number of halogens is 3. The third kappa shape index (κ3) is 2.01. The molecule has 1 aromatic heterocycles. The molecule has 2 N–H and O–H groups in total. The Morgan fingerprint density at radius 2 is 1.80 bits per heavy atom. The molecule has 3 rings (SSSR count). The molecule has 0 amide bonds. The Bertz CT molecular complexity index is 804. The van der Waals surface area contributed by atoms with Crippen molar-refractivity contribution in [1.82, 2.24) is 9.55 Å². The van der Waals surface area contributed by atoms with E-state index in [-0.39, 0.29) is 10.0 Å². The van der Waals surface area contributed by atoms with Crippen molar-refractivity contribution >= 4 is 39.9 Å². The fraction of sp³-hybridized carbons (Fsp3) is 0.0714. The normalized spacial score (nSPS) is 11.2. The summed E-state index contributed by atoms with van der Waals surface area (Å²) in [7, 11) is 0. The summed E-state index contributed by atoms with van der Waals surface area (Å²) in [4.78, 5) is 4.43. The van der Waals surface area contributed by atoms with Crippen LogP contribution < -0.4 is 5.73 Å². The molecule has 3 nitrogen and oxygen atoms in total. The molecular weight excluding hydrogens is 300 g/mol. The molecule has 3 aromatic rings. The molecule has 0 spiro atoms. The summed E-state index contributed by atoms with van der Waals surface area (Å²) in [6.45, 7) is 1.83. The van der Waals surface area contributed by atoms with Gasteiger partial charge in [0.25, 0.3) is 0 Å². The average Bonchev–Trinajstić information content (AvgIpc) is 2.64. The number of hydrogen-bond donors (Lipinski definition) is 1. The van der Waals surface area contributed by atoms with Gasteiger partial charge in [-0.2, -0.15) is 0 Å². The molecule has 0 aliphatic heterocycles. The van der Waals surface area contributed by atoms with Crippen LogP contribution >= 0.6 is 23.2 Å². The minimum atomic E-state index is -0.477. The van der Waals surface area contributed by atoms with E-state index in [0.29, 0.717) is 17.2 Å². The first kappa shape index (κ1) is 13.2. The van der Waals surface area contributed by atoms with E-state index in [2.05, 4.69) is 4.98 Å². The largest absolute Gasteiger partial charge is 0.399 e. The molecule has 0 bridgehead atoms. The van der Waals surface area contributed by atoms with Gasteiger partial charge in [0.1, 0.15) is 11.6 Å². The minimum Gasteiger partial charge on any atom is -0.399 e. The Hall–Kier alpha value is -1.78. The van der Waals surface area contributed by atoms with Crippen LogP contribution in [0.5, 0.6) is 0 Å². The molecule has 6 heteroatoms. The van der Waals surface area contributed by atoms with E-state index in [1.54, 1.807) is 16.7 Å². The van der Waals surface area contributed by atoms with Crippen molar-refractivity contribution < 1.29 is 4.39 Å². The number of benzene rings is 2. The number of aryl methyl sites for hydroxylation is 1. The molecular formula is C14H10Cl2FN3. The molecule has 1 heterocycles. The molecule has 102 valence electrons. The van der Waals surface area contributed by atoms with Crippen molar-refractivity contribution in [2.75, 3.05) is 5.73 Å². The van der Waals surface area contributed by atoms with Crippen LogP contribution in [0.25, 0.3) is 16.7 Å². The van der Waals surface area contributed by atoms with Crippen LogP contribution in [0, 0.1) is 12.7 Å². The monoisotopic (exact) mass is 309 g/mol. The van der Waals surface area contributed by atoms with Gasteiger partial charge in [0, 0.05) is 5.69 Å². The van der Waals surface area contributed by atoms with E-state index >= 15 is 0 Å². The Kier molecular flexibility index (Phi) is 3.07. The lowest BCUT2D eigenvalue weighted by atomic mass is 10.2. The maximum absolute atomic E-state index is 13.3. The van der Waals surface area contributed by atoms with Crippen LogP contribution in [0.2, 0.25) is 10.0 Å². The van der Waals surface area contributed by atoms with Crippen LogP contribution in [0.3, 0.4) is 0 Å². The Labute approximate surface area is 124 Å². The van der Waals surface area contributed by atoms with Gasteiger partial charge in [0.2, 0.25) is 0 Å². The van der Waals surface area contributed by atoms with Gasteiger partial charge in [-0.3, -0.25) is 4.57 Å². The number of imidazole rings is 1. The van der Waals surface area contributed by atoms with Crippen molar-refractivity contribution in [2.24, 2.45) is 0 Å². The summed E-state index contributed by atoms with van der Waals surface area (Å²) in [5.41, 5.74) is 8.43. The van der Waals surface area contributed by atoms with Gasteiger partial charge in [-0.25, -0.2) is 9.37 Å². The summed E-state index contributed by atoms with van der Waals surface area (Å²) in [6, 6.07) is 7.83. The molecule has 0 aliphatic carbocycles. The number of nitrogens with zero attached hydrogens (tertiary/aromatic N) is 2. The lowest BCUT2D eigenvalue weighted by Crippen LogP contribution is -1.99. The van der Waals surface area contributed by atoms with Crippen molar-refractivity contribution in [1.29, 1.82) is 0 Å². The second kappa shape index (κ2) is 4.65. The first-order valence-corrected chi connectivity index (χ1v) is 6.62. The zero-order valence-corrected chi connectivity index (χ0v) is 12.0. The van der Waals surface area contributed by atoms with E-state index in [4.69, 9.17) is 28.9 Å². The highest BCUT2D eigenvalue weighted by Crippen LogP contribution is 2.33. The van der Waals surface area contributed by atoms with Crippen LogP contribution in [-0.2, 0) is 0 Å². The van der Waals surface area contributed by atoms with E-state index in [1.807, 2.05) is 13.0 Å². The lowest BCUT2D eigenvalue weighted by Gasteiger charge is -2.11. The highest BCUT2D eigenvalue weighted by molar-refractivity contribution is 6.37. The van der Waals surface area contributed by atoms with E-state index in [9.17, 15) is 4.39 Å². The summed E-state index contributed by atoms with van der Waals surface area (Å²) in [5.74, 6) is 0.219. The quantitative estimate of drug-likeness (QED) is 0.679. The SMILES string of the molecule is Cc1nc2cc(N)ccc2n1-c1c(Cl)cc(F)cc1Cl. The van der Waals surface area contributed by atoms with E-state index in [1.165, 1.54) is 12.1 Å². The third-order valence-corrected chi connectivity index (χ3v) is 3.63. The van der Waals surface area contributed by atoms with Gasteiger partial charge in [-0.15, -0.1) is 0 Å². The number of hydrogen-bond acceptors (Lipinski definition) is 2. The van der Waals surface area contributed by atoms with Gasteiger partial charge >= 0.3 is 0 Å². The Morgan fingerprint density at radius 1 is 1.15 bits per heavy atom. The molecule has 0 saturated heterocycles. The van der Waals surface area contributed by atoms with E-state index in [0.717, 1.165) is 11.0 Å². The fourth-order valence-electron chi connectivity index (χ4n) is 2.25. The topological polar surface area (TPSA) is 43.8 Å². The molecule has 20 heavy (non-hydrogen) atoms. The zero-order valence-electron chi connectivity index (χ0n) is 10.5. The van der Waals surface area contributed by atoms with Crippen LogP contribution in [0.4, 0.5) is 10.1 Å². The number of nitrogens with two attached hydrogens (primary N) is 1. The molecule has 0 radical (unpaired) electrons. The van der Waals surface area contributed by atoms with Crippen LogP contribution in [0.1, 0.15) is 5.82 Å². The van der Waals surface area contributed by atoms with Crippen LogP contribution in [0.15, 0.2) is 30.3 Å². The highest BCUT2D eigenvalue weighted by atomic mass is 35.5. The smallest absolute Gasteiger partial charge is 0.126 e. The molecule has 0 fully saturated rings. The van der Waals surface area contributed by atoms with Gasteiger partial charge in [0.15, 0.2) is 0 Å². The fourth-order valence-corrected chi connectivity index (χ4v) is 2.88. The summed E-state index contributed by atoms with van der Waals surface area (Å²) in [5, 5.41) is 0.462. The van der Waals surface area contributed by atoms with Crippen molar-refractivity contribution in [3.8, 4) is 5.69 Å². The van der Waals surface area contributed by atoms with Crippen molar-refractivity contribution in [3.63, 3.8) is 0 Å². The number of aromatic nitrogens is 2. The molecule has 0 unspecified atom stereocenters. The zero-order chi connectivity index (χ0) is 14.4. The molecule has 0 atom stereocenters. The highest BCUT2D eigenvalue weighted by Gasteiger charge is 2.16. The average molecular weight is 310 g/mol. The second-order valence-electron chi connectivity index (χ2n) is 4.46. The Morgan fingerprint density at radius 3 is 2.45 bits per heavy atom. The summed E-state index contributed by atoms with van der Waals surface area (Å²) in [6.07, 6.45) is 0. The molecule has 2 aromatic carbocycles.